The van der Waals surface area contributed by atoms with Crippen molar-refractivity contribution in [3.8, 4) is 0 Å². The summed E-state index contributed by atoms with van der Waals surface area (Å²) >= 11 is 6.09. The molecule has 1 saturated heterocycles. The van der Waals surface area contributed by atoms with E-state index in [4.69, 9.17) is 21.1 Å². The number of morpholine rings is 1. The Kier molecular flexibility index (Phi) is 5.93. The maximum atomic E-state index is 12.8. The quantitative estimate of drug-likeness (QED) is 0.728. The van der Waals surface area contributed by atoms with Crippen molar-refractivity contribution in [1.82, 2.24) is 4.31 Å². The third-order valence-electron chi connectivity index (χ3n) is 3.97. The van der Waals surface area contributed by atoms with Crippen LogP contribution < -0.4 is 0 Å². The van der Waals surface area contributed by atoms with E-state index in [1.54, 1.807) is 0 Å². The fourth-order valence-corrected chi connectivity index (χ4v) is 4.47. The van der Waals surface area contributed by atoms with Gasteiger partial charge >= 0.3 is 5.97 Å². The van der Waals surface area contributed by atoms with Crippen LogP contribution in [-0.2, 0) is 26.1 Å². The van der Waals surface area contributed by atoms with E-state index in [2.05, 4.69) is 0 Å². The van der Waals surface area contributed by atoms with Gasteiger partial charge in [-0.25, -0.2) is 13.2 Å². The van der Waals surface area contributed by atoms with Gasteiger partial charge in [-0.1, -0.05) is 41.9 Å². The number of carbonyl (C=O) groups excluding carboxylic acids is 1. The molecule has 0 amide bonds. The summed E-state index contributed by atoms with van der Waals surface area (Å²) in [6, 6.07) is 13.3. The zero-order valence-electron chi connectivity index (χ0n) is 13.9. The van der Waals surface area contributed by atoms with Gasteiger partial charge in [0.15, 0.2) is 0 Å². The number of hydrogen-bond donors (Lipinski definition) is 0. The first-order valence-corrected chi connectivity index (χ1v) is 9.89. The zero-order chi connectivity index (χ0) is 18.6. The molecule has 0 spiro atoms. The van der Waals surface area contributed by atoms with Gasteiger partial charge in [0.2, 0.25) is 10.0 Å². The van der Waals surface area contributed by atoms with Crippen molar-refractivity contribution in [2.24, 2.45) is 0 Å². The highest BCUT2D eigenvalue weighted by Gasteiger charge is 2.29. The minimum absolute atomic E-state index is 0.0658. The summed E-state index contributed by atoms with van der Waals surface area (Å²) in [5.41, 5.74) is 0.980. The molecule has 1 fully saturated rings. The molecule has 0 atom stereocenters. The highest BCUT2D eigenvalue weighted by Crippen LogP contribution is 2.27. The molecule has 2 aromatic carbocycles. The Labute approximate surface area is 157 Å². The van der Waals surface area contributed by atoms with Gasteiger partial charge in [0, 0.05) is 13.1 Å². The van der Waals surface area contributed by atoms with Gasteiger partial charge in [-0.15, -0.1) is 0 Å². The average molecular weight is 396 g/mol. The molecule has 0 bridgehead atoms. The van der Waals surface area contributed by atoms with E-state index in [9.17, 15) is 13.2 Å². The van der Waals surface area contributed by atoms with E-state index >= 15 is 0 Å². The molecule has 0 N–H and O–H groups in total. The summed E-state index contributed by atoms with van der Waals surface area (Å²) in [5, 5.41) is 0.0658. The van der Waals surface area contributed by atoms with Crippen molar-refractivity contribution in [1.29, 1.82) is 0 Å². The molecule has 0 aromatic heterocycles. The van der Waals surface area contributed by atoms with Crippen molar-refractivity contribution < 1.29 is 22.7 Å². The molecular weight excluding hydrogens is 378 g/mol. The Bertz CT molecular complexity index is 880. The largest absolute Gasteiger partial charge is 0.457 e. The lowest BCUT2D eigenvalue weighted by atomic mass is 10.2. The lowest BCUT2D eigenvalue weighted by molar-refractivity contribution is 0.0472. The first kappa shape index (κ1) is 18.8. The van der Waals surface area contributed by atoms with Crippen molar-refractivity contribution in [3.63, 3.8) is 0 Å². The standard InChI is InChI=1S/C18H18ClNO5S/c19-16-7-6-15(18(21)25-13-14-4-2-1-3-5-14)12-17(16)26(22,23)20-8-10-24-11-9-20/h1-7,12H,8-11,13H2. The SMILES string of the molecule is O=C(OCc1ccccc1)c1ccc(Cl)c(S(=O)(=O)N2CCOCC2)c1. The van der Waals surface area contributed by atoms with E-state index in [0.717, 1.165) is 5.56 Å². The summed E-state index contributed by atoms with van der Waals surface area (Å²) < 4.78 is 37.3. The maximum Gasteiger partial charge on any atom is 0.338 e. The van der Waals surface area contributed by atoms with Crippen LogP contribution in [-0.4, -0.2) is 45.0 Å². The number of carbonyl (C=O) groups is 1. The van der Waals surface area contributed by atoms with Crippen LogP contribution in [0.1, 0.15) is 15.9 Å². The van der Waals surface area contributed by atoms with Gasteiger partial charge in [0.1, 0.15) is 11.5 Å². The summed E-state index contributed by atoms with van der Waals surface area (Å²) in [7, 11) is -3.80. The molecule has 1 aliphatic heterocycles. The topological polar surface area (TPSA) is 72.9 Å². The first-order chi connectivity index (χ1) is 12.5. The predicted octanol–water partition coefficient (Wildman–Crippen LogP) is 2.72. The minimum atomic E-state index is -3.80. The number of rotatable bonds is 5. The van der Waals surface area contributed by atoms with Gasteiger partial charge in [-0.3, -0.25) is 0 Å². The molecule has 1 heterocycles. The third kappa shape index (κ3) is 4.24. The van der Waals surface area contributed by atoms with Gasteiger partial charge in [0.05, 0.1) is 23.8 Å². The van der Waals surface area contributed by atoms with Crippen molar-refractivity contribution in [2.75, 3.05) is 26.3 Å². The highest BCUT2D eigenvalue weighted by molar-refractivity contribution is 7.89. The molecule has 3 rings (SSSR count). The number of ether oxygens (including phenoxy) is 2. The minimum Gasteiger partial charge on any atom is -0.457 e. The Hall–Kier alpha value is -1.93. The summed E-state index contributed by atoms with van der Waals surface area (Å²) in [6.45, 7) is 1.27. The molecule has 1 aliphatic rings. The number of hydrogen-bond acceptors (Lipinski definition) is 5. The van der Waals surface area contributed by atoms with Gasteiger partial charge in [0.25, 0.3) is 0 Å². The Morgan fingerprint density at radius 2 is 1.81 bits per heavy atom. The van der Waals surface area contributed by atoms with Crippen LogP contribution in [0.4, 0.5) is 0 Å². The number of sulfonamides is 1. The fraction of sp³-hybridized carbons (Fsp3) is 0.278. The third-order valence-corrected chi connectivity index (χ3v) is 6.35. The van der Waals surface area contributed by atoms with Gasteiger partial charge < -0.3 is 9.47 Å². The van der Waals surface area contributed by atoms with Crippen LogP contribution in [0, 0.1) is 0 Å². The predicted molar refractivity (Wildman–Crippen MR) is 96.6 cm³/mol. The van der Waals surface area contributed by atoms with E-state index in [1.165, 1.54) is 22.5 Å². The normalized spacial score (nSPS) is 15.6. The van der Waals surface area contributed by atoms with Crippen molar-refractivity contribution >= 4 is 27.6 Å². The van der Waals surface area contributed by atoms with Gasteiger partial charge in [-0.05, 0) is 23.8 Å². The molecule has 138 valence electrons. The molecule has 0 saturated carbocycles. The maximum absolute atomic E-state index is 12.8. The van der Waals surface area contributed by atoms with Crippen molar-refractivity contribution in [2.45, 2.75) is 11.5 Å². The Morgan fingerprint density at radius 1 is 1.12 bits per heavy atom. The first-order valence-electron chi connectivity index (χ1n) is 8.07. The average Bonchev–Trinajstić information content (AvgIpc) is 2.68. The van der Waals surface area contributed by atoms with Crippen LogP contribution in [0.5, 0.6) is 0 Å². The van der Waals surface area contributed by atoms with Crippen LogP contribution in [0.2, 0.25) is 5.02 Å². The second-order valence-corrected chi connectivity index (χ2v) is 8.04. The molecule has 0 radical (unpaired) electrons. The second kappa shape index (κ2) is 8.18. The summed E-state index contributed by atoms with van der Waals surface area (Å²) in [6.07, 6.45) is 0. The van der Waals surface area contributed by atoms with Crippen LogP contribution in [0.3, 0.4) is 0 Å². The summed E-state index contributed by atoms with van der Waals surface area (Å²) in [5.74, 6) is -0.607. The number of nitrogens with zero attached hydrogens (tertiary/aromatic N) is 1. The van der Waals surface area contributed by atoms with E-state index in [0.29, 0.717) is 13.2 Å². The summed E-state index contributed by atoms with van der Waals surface area (Å²) in [4.78, 5) is 12.2. The smallest absolute Gasteiger partial charge is 0.338 e. The lowest BCUT2D eigenvalue weighted by Gasteiger charge is -2.26. The number of esters is 1. The van der Waals surface area contributed by atoms with E-state index in [1.807, 2.05) is 30.3 Å². The monoisotopic (exact) mass is 395 g/mol. The Balaban J connectivity index is 1.79. The molecule has 6 nitrogen and oxygen atoms in total. The molecule has 0 unspecified atom stereocenters. The highest BCUT2D eigenvalue weighted by atomic mass is 35.5. The number of benzene rings is 2. The Morgan fingerprint density at radius 3 is 2.50 bits per heavy atom. The van der Waals surface area contributed by atoms with Crippen LogP contribution in [0.25, 0.3) is 0 Å². The van der Waals surface area contributed by atoms with Gasteiger partial charge in [-0.2, -0.15) is 4.31 Å². The molecule has 2 aromatic rings. The molecule has 26 heavy (non-hydrogen) atoms. The molecule has 8 heteroatoms. The second-order valence-electron chi connectivity index (χ2n) is 5.72. The fourth-order valence-electron chi connectivity index (χ4n) is 2.56. The van der Waals surface area contributed by atoms with E-state index < -0.39 is 16.0 Å². The zero-order valence-corrected chi connectivity index (χ0v) is 15.5. The number of halogens is 1. The van der Waals surface area contributed by atoms with E-state index in [-0.39, 0.29) is 35.2 Å². The molecular formula is C18H18ClNO5S. The lowest BCUT2D eigenvalue weighted by Crippen LogP contribution is -2.40. The molecule has 0 aliphatic carbocycles. The van der Waals surface area contributed by atoms with Crippen LogP contribution in [0.15, 0.2) is 53.4 Å². The van der Waals surface area contributed by atoms with Crippen molar-refractivity contribution in [3.05, 3.63) is 64.7 Å². The van der Waals surface area contributed by atoms with Crippen LogP contribution >= 0.6 is 11.6 Å².